The lowest BCUT2D eigenvalue weighted by atomic mass is 9.92. The minimum atomic E-state index is -0.829. The number of benzene rings is 1. The highest BCUT2D eigenvalue weighted by Crippen LogP contribution is 2.31. The monoisotopic (exact) mass is 418 g/mol. The van der Waals surface area contributed by atoms with E-state index in [9.17, 15) is 18.4 Å². The van der Waals surface area contributed by atoms with Gasteiger partial charge in [-0.25, -0.2) is 13.5 Å². The fourth-order valence-electron chi connectivity index (χ4n) is 3.39. The van der Waals surface area contributed by atoms with Crippen LogP contribution in [0.5, 0.6) is 0 Å². The second kappa shape index (κ2) is 7.49. The summed E-state index contributed by atoms with van der Waals surface area (Å²) in [5.41, 5.74) is 0.258. The Bertz CT molecular complexity index is 986. The zero-order chi connectivity index (χ0) is 22.4. The molecule has 2 amide bonds. The van der Waals surface area contributed by atoms with Crippen LogP contribution in [-0.4, -0.2) is 28.1 Å². The Labute approximate surface area is 175 Å². The number of hydrogen-bond acceptors (Lipinski definition) is 3. The molecule has 0 bridgehead atoms. The predicted molar refractivity (Wildman–Crippen MR) is 111 cm³/mol. The number of anilines is 2. The second-order valence-corrected chi connectivity index (χ2v) is 9.74. The molecule has 3 rings (SSSR count). The normalized spacial score (nSPS) is 17.5. The average molecular weight is 418 g/mol. The van der Waals surface area contributed by atoms with Crippen molar-refractivity contribution in [3.63, 3.8) is 0 Å². The van der Waals surface area contributed by atoms with E-state index in [1.54, 1.807) is 4.68 Å². The maximum Gasteiger partial charge on any atom is 0.230 e. The molecule has 1 unspecified atom stereocenters. The summed E-state index contributed by atoms with van der Waals surface area (Å²) in [5.74, 6) is -2.36. The number of carbonyl (C=O) groups is 2. The molecule has 1 aliphatic rings. The fourth-order valence-corrected chi connectivity index (χ4v) is 3.39. The number of nitrogens with one attached hydrogen (secondary N) is 1. The van der Waals surface area contributed by atoms with Gasteiger partial charge in [0.05, 0.1) is 22.8 Å². The van der Waals surface area contributed by atoms with Crippen molar-refractivity contribution < 1.29 is 18.4 Å². The Morgan fingerprint density at radius 1 is 1.13 bits per heavy atom. The van der Waals surface area contributed by atoms with Gasteiger partial charge in [-0.3, -0.25) is 9.59 Å². The molecule has 1 aromatic heterocycles. The zero-order valence-electron chi connectivity index (χ0n) is 18.2. The lowest BCUT2D eigenvalue weighted by Crippen LogP contribution is -2.31. The Morgan fingerprint density at radius 3 is 2.37 bits per heavy atom. The molecule has 1 N–H and O–H groups in total. The molecule has 2 aromatic rings. The van der Waals surface area contributed by atoms with Gasteiger partial charge in [-0.2, -0.15) is 5.10 Å². The first kappa shape index (κ1) is 21.9. The molecule has 1 aromatic carbocycles. The van der Waals surface area contributed by atoms with Crippen LogP contribution in [0.2, 0.25) is 0 Å². The van der Waals surface area contributed by atoms with E-state index in [4.69, 9.17) is 0 Å². The van der Waals surface area contributed by atoms with Crippen LogP contribution in [0.4, 0.5) is 20.3 Å². The molecule has 0 radical (unpaired) electrons. The number of carbonyl (C=O) groups excluding carboxylic acids is 2. The third-order valence-corrected chi connectivity index (χ3v) is 5.06. The van der Waals surface area contributed by atoms with Gasteiger partial charge in [-0.1, -0.05) is 20.8 Å². The highest BCUT2D eigenvalue weighted by atomic mass is 19.1. The summed E-state index contributed by atoms with van der Waals surface area (Å²) in [4.78, 5) is 26.5. The minimum Gasteiger partial charge on any atom is -0.311 e. The van der Waals surface area contributed by atoms with Crippen molar-refractivity contribution in [2.45, 2.75) is 58.9 Å². The van der Waals surface area contributed by atoms with Crippen LogP contribution in [0, 0.1) is 17.6 Å². The zero-order valence-corrected chi connectivity index (χ0v) is 18.2. The Morgan fingerprint density at radius 2 is 1.80 bits per heavy atom. The van der Waals surface area contributed by atoms with E-state index in [2.05, 4.69) is 10.4 Å². The molecule has 1 atom stereocenters. The molecule has 8 heteroatoms. The molecule has 2 heterocycles. The Hall–Kier alpha value is -2.77. The van der Waals surface area contributed by atoms with Crippen LogP contribution in [0.3, 0.4) is 0 Å². The summed E-state index contributed by atoms with van der Waals surface area (Å²) < 4.78 is 29.0. The van der Waals surface area contributed by atoms with E-state index in [0.717, 1.165) is 17.8 Å². The fraction of sp³-hybridized carbons (Fsp3) is 0.500. The summed E-state index contributed by atoms with van der Waals surface area (Å²) in [7, 11) is 0. The Balaban J connectivity index is 1.82. The van der Waals surface area contributed by atoms with E-state index in [1.165, 1.54) is 11.0 Å². The van der Waals surface area contributed by atoms with Crippen molar-refractivity contribution in [1.82, 2.24) is 9.78 Å². The van der Waals surface area contributed by atoms with E-state index in [0.29, 0.717) is 5.82 Å². The van der Waals surface area contributed by atoms with Crippen molar-refractivity contribution in [3.8, 4) is 0 Å². The number of halogens is 2. The number of hydrogen-bond donors (Lipinski definition) is 1. The summed E-state index contributed by atoms with van der Waals surface area (Å²) in [6, 6.07) is 4.88. The molecule has 1 fully saturated rings. The number of rotatable bonds is 3. The first-order valence-corrected chi connectivity index (χ1v) is 9.94. The van der Waals surface area contributed by atoms with Gasteiger partial charge >= 0.3 is 0 Å². The third-order valence-electron chi connectivity index (χ3n) is 5.06. The topological polar surface area (TPSA) is 67.2 Å². The van der Waals surface area contributed by atoms with Crippen LogP contribution >= 0.6 is 0 Å². The van der Waals surface area contributed by atoms with Gasteiger partial charge in [0.15, 0.2) is 0 Å². The first-order valence-electron chi connectivity index (χ1n) is 9.94. The lowest BCUT2D eigenvalue weighted by Gasteiger charge is -2.23. The molecule has 162 valence electrons. The molecule has 0 saturated carbocycles. The number of amides is 2. The van der Waals surface area contributed by atoms with Gasteiger partial charge in [0.25, 0.3) is 0 Å². The number of nitrogens with zero attached hydrogens (tertiary/aromatic N) is 3. The molecule has 0 aliphatic carbocycles. The van der Waals surface area contributed by atoms with E-state index < -0.39 is 17.6 Å². The first-order chi connectivity index (χ1) is 13.8. The van der Waals surface area contributed by atoms with Gasteiger partial charge < -0.3 is 10.2 Å². The van der Waals surface area contributed by atoms with Crippen LogP contribution in [-0.2, 0) is 20.5 Å². The van der Waals surface area contributed by atoms with Crippen molar-refractivity contribution in [1.29, 1.82) is 0 Å². The maximum atomic E-state index is 14.1. The second-order valence-electron chi connectivity index (χ2n) is 9.74. The average Bonchev–Trinajstić information content (AvgIpc) is 3.18. The molecule has 1 saturated heterocycles. The van der Waals surface area contributed by atoms with Gasteiger partial charge in [0, 0.05) is 30.5 Å². The van der Waals surface area contributed by atoms with Crippen LogP contribution in [0.1, 0.15) is 53.7 Å². The molecule has 1 aliphatic heterocycles. The van der Waals surface area contributed by atoms with Crippen LogP contribution in [0.15, 0.2) is 24.3 Å². The molecule has 6 nitrogen and oxygen atoms in total. The standard InChI is InChI=1S/C22H28F2N4O2/c1-21(2,3)17-11-18(28(26-17)22(4,5)6)25-20(30)13-9-19(29)27(12-13)16-8-7-14(23)10-15(16)24/h7-8,10-11,13H,9,12H2,1-6H3,(H,25,30). The lowest BCUT2D eigenvalue weighted by molar-refractivity contribution is -0.122. The molecule has 0 spiro atoms. The summed E-state index contributed by atoms with van der Waals surface area (Å²) >= 11 is 0. The van der Waals surface area contributed by atoms with Crippen molar-refractivity contribution in [2.24, 2.45) is 5.92 Å². The molecule has 30 heavy (non-hydrogen) atoms. The summed E-state index contributed by atoms with van der Waals surface area (Å²) in [5, 5.41) is 7.57. The summed E-state index contributed by atoms with van der Waals surface area (Å²) in [6.45, 7) is 12.1. The van der Waals surface area contributed by atoms with Gasteiger partial charge in [-0.15, -0.1) is 0 Å². The minimum absolute atomic E-state index is 0.0218. The Kier molecular flexibility index (Phi) is 5.47. The van der Waals surface area contributed by atoms with Crippen LogP contribution in [0.25, 0.3) is 0 Å². The van der Waals surface area contributed by atoms with Gasteiger partial charge in [-0.05, 0) is 32.9 Å². The smallest absolute Gasteiger partial charge is 0.230 e. The predicted octanol–water partition coefficient (Wildman–Crippen LogP) is 4.21. The largest absolute Gasteiger partial charge is 0.311 e. The highest BCUT2D eigenvalue weighted by molar-refractivity contribution is 6.03. The van der Waals surface area contributed by atoms with Crippen LogP contribution < -0.4 is 10.2 Å². The van der Waals surface area contributed by atoms with Crippen molar-refractivity contribution in [3.05, 3.63) is 41.6 Å². The van der Waals surface area contributed by atoms with Crippen molar-refractivity contribution >= 4 is 23.3 Å². The van der Waals surface area contributed by atoms with E-state index in [1.807, 2.05) is 47.6 Å². The summed E-state index contributed by atoms with van der Waals surface area (Å²) in [6.07, 6.45) is -0.0432. The quantitative estimate of drug-likeness (QED) is 0.812. The third kappa shape index (κ3) is 4.37. The van der Waals surface area contributed by atoms with E-state index in [-0.39, 0.29) is 41.4 Å². The van der Waals surface area contributed by atoms with Gasteiger partial charge in [0.2, 0.25) is 11.8 Å². The molecular weight excluding hydrogens is 390 g/mol. The molecular formula is C22H28F2N4O2. The highest BCUT2D eigenvalue weighted by Gasteiger charge is 2.37. The van der Waals surface area contributed by atoms with Gasteiger partial charge in [0.1, 0.15) is 17.5 Å². The van der Waals surface area contributed by atoms with E-state index >= 15 is 0 Å². The van der Waals surface area contributed by atoms with Crippen molar-refractivity contribution in [2.75, 3.05) is 16.8 Å². The number of aromatic nitrogens is 2. The SMILES string of the molecule is CC(C)(C)c1cc(NC(=O)C2CC(=O)N(c3ccc(F)cc3F)C2)n(C(C)(C)C)n1. The maximum absolute atomic E-state index is 14.1.